The zero-order valence-corrected chi connectivity index (χ0v) is 11.6. The van der Waals surface area contributed by atoms with Gasteiger partial charge < -0.3 is 11.1 Å². The van der Waals surface area contributed by atoms with Crippen molar-refractivity contribution in [2.45, 2.75) is 32.2 Å². The van der Waals surface area contributed by atoms with Crippen molar-refractivity contribution < 1.29 is 4.79 Å². The Morgan fingerprint density at radius 3 is 2.90 bits per heavy atom. The number of nitrogens with zero attached hydrogens (tertiary/aromatic N) is 1. The molecular weight excluding hydrogens is 250 g/mol. The quantitative estimate of drug-likeness (QED) is 0.880. The fourth-order valence-corrected chi connectivity index (χ4v) is 2.95. The molecule has 2 unspecified atom stereocenters. The molecule has 1 aliphatic carbocycles. The number of hydrogen-bond acceptors (Lipinski definition) is 3. The maximum absolute atomic E-state index is 12.4. The lowest BCUT2D eigenvalue weighted by atomic mass is 10.0. The van der Waals surface area contributed by atoms with Crippen molar-refractivity contribution in [2.75, 3.05) is 5.32 Å². The summed E-state index contributed by atoms with van der Waals surface area (Å²) in [6.45, 7) is 1.93. The van der Waals surface area contributed by atoms with Crippen molar-refractivity contribution in [3.63, 3.8) is 0 Å². The number of aryl methyl sites for hydroxylation is 1. The molecule has 2 atom stereocenters. The van der Waals surface area contributed by atoms with Gasteiger partial charge in [0.1, 0.15) is 0 Å². The molecule has 0 bridgehead atoms. The van der Waals surface area contributed by atoms with E-state index in [1.165, 1.54) is 0 Å². The van der Waals surface area contributed by atoms with E-state index in [4.69, 9.17) is 5.73 Å². The van der Waals surface area contributed by atoms with Crippen LogP contribution in [0.4, 0.5) is 5.69 Å². The second-order valence-electron chi connectivity index (χ2n) is 5.52. The van der Waals surface area contributed by atoms with Crippen molar-refractivity contribution in [2.24, 2.45) is 11.7 Å². The first-order chi connectivity index (χ1) is 9.65. The summed E-state index contributed by atoms with van der Waals surface area (Å²) in [5, 5.41) is 4.01. The van der Waals surface area contributed by atoms with Crippen molar-refractivity contribution in [1.82, 2.24) is 4.98 Å². The molecule has 3 N–H and O–H groups in total. The molecule has 1 saturated carbocycles. The Bertz CT molecular complexity index is 653. The Kier molecular flexibility index (Phi) is 3.40. The average Bonchev–Trinajstić information content (AvgIpc) is 2.85. The van der Waals surface area contributed by atoms with Gasteiger partial charge in [0.05, 0.1) is 17.1 Å². The van der Waals surface area contributed by atoms with E-state index in [1.807, 2.05) is 37.3 Å². The Labute approximate surface area is 118 Å². The number of pyridine rings is 1. The standard InChI is InChI=1S/C16H19N3O/c1-10-9-15(12-5-2-3-8-14(12)18-10)19-16(20)11-6-4-7-13(11)17/h2-3,5,8-9,11,13H,4,6-7,17H2,1H3,(H,18,19,20). The smallest absolute Gasteiger partial charge is 0.229 e. The molecule has 20 heavy (non-hydrogen) atoms. The Morgan fingerprint density at radius 1 is 1.35 bits per heavy atom. The highest BCUT2D eigenvalue weighted by molar-refractivity contribution is 6.02. The van der Waals surface area contributed by atoms with E-state index in [2.05, 4.69) is 10.3 Å². The van der Waals surface area contributed by atoms with E-state index in [-0.39, 0.29) is 17.9 Å². The van der Waals surface area contributed by atoms with Gasteiger partial charge in [-0.2, -0.15) is 0 Å². The molecule has 1 amide bonds. The second-order valence-corrected chi connectivity index (χ2v) is 5.52. The van der Waals surface area contributed by atoms with Gasteiger partial charge >= 0.3 is 0 Å². The molecule has 0 aliphatic heterocycles. The van der Waals surface area contributed by atoms with Crippen LogP contribution in [0.25, 0.3) is 10.9 Å². The van der Waals surface area contributed by atoms with Crippen LogP contribution in [0.2, 0.25) is 0 Å². The predicted molar refractivity (Wildman–Crippen MR) is 80.4 cm³/mol. The lowest BCUT2D eigenvalue weighted by Crippen LogP contribution is -2.34. The number of aromatic nitrogens is 1. The normalized spacial score (nSPS) is 22.1. The Balaban J connectivity index is 1.92. The first-order valence-corrected chi connectivity index (χ1v) is 7.08. The second kappa shape index (κ2) is 5.21. The topological polar surface area (TPSA) is 68.0 Å². The van der Waals surface area contributed by atoms with Crippen LogP contribution in [0, 0.1) is 12.8 Å². The summed E-state index contributed by atoms with van der Waals surface area (Å²) in [5.41, 5.74) is 8.63. The minimum Gasteiger partial charge on any atom is -0.327 e. The summed E-state index contributed by atoms with van der Waals surface area (Å²) in [6.07, 6.45) is 2.86. The van der Waals surface area contributed by atoms with Gasteiger partial charge in [0.25, 0.3) is 0 Å². The number of anilines is 1. The molecule has 4 heteroatoms. The molecule has 4 nitrogen and oxygen atoms in total. The SMILES string of the molecule is Cc1cc(NC(=O)C2CCCC2N)c2ccccc2n1. The number of para-hydroxylation sites is 1. The third-order valence-corrected chi connectivity index (χ3v) is 4.01. The lowest BCUT2D eigenvalue weighted by molar-refractivity contribution is -0.120. The summed E-state index contributed by atoms with van der Waals surface area (Å²) in [6, 6.07) is 9.75. The van der Waals surface area contributed by atoms with Crippen LogP contribution < -0.4 is 11.1 Å². The van der Waals surface area contributed by atoms with Gasteiger partial charge in [-0.15, -0.1) is 0 Å². The maximum atomic E-state index is 12.4. The molecule has 0 spiro atoms. The number of nitrogens with one attached hydrogen (secondary N) is 1. The van der Waals surface area contributed by atoms with Gasteiger partial charge in [-0.3, -0.25) is 9.78 Å². The summed E-state index contributed by atoms with van der Waals surface area (Å²) >= 11 is 0. The van der Waals surface area contributed by atoms with Gasteiger partial charge in [0, 0.05) is 17.1 Å². The molecular formula is C16H19N3O. The highest BCUT2D eigenvalue weighted by Crippen LogP contribution is 2.28. The molecule has 1 fully saturated rings. The fourth-order valence-electron chi connectivity index (χ4n) is 2.95. The Morgan fingerprint density at radius 2 is 2.15 bits per heavy atom. The Hall–Kier alpha value is -1.94. The van der Waals surface area contributed by atoms with E-state index < -0.39 is 0 Å². The van der Waals surface area contributed by atoms with Crippen LogP contribution >= 0.6 is 0 Å². The zero-order chi connectivity index (χ0) is 14.1. The molecule has 3 rings (SSSR count). The van der Waals surface area contributed by atoms with Crippen molar-refractivity contribution in [1.29, 1.82) is 0 Å². The molecule has 104 valence electrons. The predicted octanol–water partition coefficient (Wildman–Crippen LogP) is 2.61. The van der Waals surface area contributed by atoms with Gasteiger partial charge in [0.15, 0.2) is 0 Å². The number of nitrogens with two attached hydrogens (primary N) is 1. The summed E-state index contributed by atoms with van der Waals surface area (Å²) in [4.78, 5) is 16.8. The molecule has 1 aromatic carbocycles. The largest absolute Gasteiger partial charge is 0.327 e. The first kappa shape index (κ1) is 13.1. The minimum atomic E-state index is -0.0674. The molecule has 1 aromatic heterocycles. The summed E-state index contributed by atoms with van der Waals surface area (Å²) in [7, 11) is 0. The maximum Gasteiger partial charge on any atom is 0.229 e. The van der Waals surface area contributed by atoms with Gasteiger partial charge in [0.2, 0.25) is 5.91 Å². The number of benzene rings is 1. The van der Waals surface area contributed by atoms with Crippen LogP contribution in [-0.4, -0.2) is 16.9 Å². The fraction of sp³-hybridized carbons (Fsp3) is 0.375. The highest BCUT2D eigenvalue weighted by atomic mass is 16.1. The zero-order valence-electron chi connectivity index (χ0n) is 11.6. The monoisotopic (exact) mass is 269 g/mol. The van der Waals surface area contributed by atoms with Gasteiger partial charge in [-0.25, -0.2) is 0 Å². The number of carbonyl (C=O) groups is 1. The van der Waals surface area contributed by atoms with Gasteiger partial charge in [-0.1, -0.05) is 24.6 Å². The molecule has 0 saturated heterocycles. The van der Waals surface area contributed by atoms with E-state index in [1.54, 1.807) is 0 Å². The van der Waals surface area contributed by atoms with Crippen LogP contribution in [-0.2, 0) is 4.79 Å². The van der Waals surface area contributed by atoms with Crippen LogP contribution in [0.1, 0.15) is 25.0 Å². The van der Waals surface area contributed by atoms with Crippen LogP contribution in [0.15, 0.2) is 30.3 Å². The van der Waals surface area contributed by atoms with Crippen molar-refractivity contribution >= 4 is 22.5 Å². The van der Waals surface area contributed by atoms with Crippen molar-refractivity contribution in [3.05, 3.63) is 36.0 Å². The first-order valence-electron chi connectivity index (χ1n) is 7.08. The van der Waals surface area contributed by atoms with E-state index >= 15 is 0 Å². The summed E-state index contributed by atoms with van der Waals surface area (Å²) < 4.78 is 0. The number of rotatable bonds is 2. The lowest BCUT2D eigenvalue weighted by Gasteiger charge is -2.16. The molecule has 1 heterocycles. The van der Waals surface area contributed by atoms with E-state index in [0.717, 1.165) is 41.5 Å². The van der Waals surface area contributed by atoms with Crippen molar-refractivity contribution in [3.8, 4) is 0 Å². The average molecular weight is 269 g/mol. The van der Waals surface area contributed by atoms with E-state index in [0.29, 0.717) is 0 Å². The van der Waals surface area contributed by atoms with Crippen LogP contribution in [0.3, 0.4) is 0 Å². The highest BCUT2D eigenvalue weighted by Gasteiger charge is 2.30. The third-order valence-electron chi connectivity index (χ3n) is 4.01. The molecule has 2 aromatic rings. The van der Waals surface area contributed by atoms with Crippen LogP contribution in [0.5, 0.6) is 0 Å². The van der Waals surface area contributed by atoms with E-state index in [9.17, 15) is 4.79 Å². The van der Waals surface area contributed by atoms with Gasteiger partial charge in [-0.05, 0) is 31.9 Å². The number of amides is 1. The minimum absolute atomic E-state index is 0.0100. The molecule has 1 aliphatic rings. The number of hydrogen-bond donors (Lipinski definition) is 2. The number of carbonyl (C=O) groups excluding carboxylic acids is 1. The number of fused-ring (bicyclic) bond motifs is 1. The third kappa shape index (κ3) is 2.39. The molecule has 0 radical (unpaired) electrons. The summed E-state index contributed by atoms with van der Waals surface area (Å²) in [5.74, 6) is -0.0343.